The fourth-order valence-electron chi connectivity index (χ4n) is 2.43. The molecule has 0 fully saturated rings. The maximum atomic E-state index is 10.5. The highest BCUT2D eigenvalue weighted by Crippen LogP contribution is 2.15. The van der Waals surface area contributed by atoms with Gasteiger partial charge in [0.1, 0.15) is 0 Å². The van der Waals surface area contributed by atoms with Crippen LogP contribution in [0.1, 0.15) is 18.1 Å². The van der Waals surface area contributed by atoms with Gasteiger partial charge in [-0.3, -0.25) is 0 Å². The summed E-state index contributed by atoms with van der Waals surface area (Å²) < 4.78 is 5.81. The molecule has 0 unspecified atom stereocenters. The van der Waals surface area contributed by atoms with Crippen LogP contribution in [0.4, 0.5) is 0 Å². The van der Waals surface area contributed by atoms with Gasteiger partial charge in [0.25, 0.3) is 0 Å². The summed E-state index contributed by atoms with van der Waals surface area (Å²) in [5.41, 5.74) is 2.20. The van der Waals surface area contributed by atoms with E-state index in [9.17, 15) is 5.21 Å². The van der Waals surface area contributed by atoms with Crippen LogP contribution in [0, 0.1) is 5.92 Å². The minimum atomic E-state index is -0.128. The van der Waals surface area contributed by atoms with Crippen LogP contribution in [0.25, 0.3) is 0 Å². The van der Waals surface area contributed by atoms with Crippen LogP contribution < -0.4 is 0 Å². The largest absolute Gasteiger partial charge is 0.375 e. The van der Waals surface area contributed by atoms with Gasteiger partial charge in [-0.25, -0.2) is 0 Å². The zero-order chi connectivity index (χ0) is 16.5. The van der Waals surface area contributed by atoms with Gasteiger partial charge < -0.3 is 9.94 Å². The standard InChI is InChI=1S/C20H25NO2/c1-3-17(2)20(16-23-15-19-12-8-5-9-13-19)21(22)14-18-10-6-4-7-11-18/h3-13,17,20,22H,1,14-16H2,2H3/t17-,20+/m0/s1. The van der Waals surface area contributed by atoms with Crippen molar-refractivity contribution >= 4 is 0 Å². The Morgan fingerprint density at radius 2 is 1.61 bits per heavy atom. The van der Waals surface area contributed by atoms with Crippen molar-refractivity contribution in [2.24, 2.45) is 5.92 Å². The molecule has 2 aromatic carbocycles. The predicted octanol–water partition coefficient (Wildman–Crippen LogP) is 4.29. The molecule has 0 aliphatic heterocycles. The maximum Gasteiger partial charge on any atom is 0.0717 e. The second-order valence-corrected chi connectivity index (χ2v) is 5.75. The Kier molecular flexibility index (Phi) is 7.01. The van der Waals surface area contributed by atoms with Gasteiger partial charge in [0, 0.05) is 6.54 Å². The monoisotopic (exact) mass is 311 g/mol. The van der Waals surface area contributed by atoms with E-state index in [-0.39, 0.29) is 12.0 Å². The first-order chi connectivity index (χ1) is 11.2. The first-order valence-electron chi connectivity index (χ1n) is 7.94. The van der Waals surface area contributed by atoms with Crippen molar-refractivity contribution in [1.29, 1.82) is 0 Å². The van der Waals surface area contributed by atoms with Gasteiger partial charge >= 0.3 is 0 Å². The molecule has 2 aromatic rings. The van der Waals surface area contributed by atoms with Crippen LogP contribution in [0.2, 0.25) is 0 Å². The van der Waals surface area contributed by atoms with Crippen molar-refractivity contribution in [3.63, 3.8) is 0 Å². The third-order valence-electron chi connectivity index (χ3n) is 3.95. The maximum absolute atomic E-state index is 10.5. The lowest BCUT2D eigenvalue weighted by molar-refractivity contribution is -0.161. The molecule has 2 atom stereocenters. The first-order valence-corrected chi connectivity index (χ1v) is 7.94. The van der Waals surface area contributed by atoms with E-state index >= 15 is 0 Å². The van der Waals surface area contributed by atoms with Crippen LogP contribution in [0.5, 0.6) is 0 Å². The van der Waals surface area contributed by atoms with Gasteiger partial charge in [0.2, 0.25) is 0 Å². The van der Waals surface area contributed by atoms with Gasteiger partial charge in [-0.2, -0.15) is 5.06 Å². The fourth-order valence-corrected chi connectivity index (χ4v) is 2.43. The Morgan fingerprint density at radius 1 is 1.04 bits per heavy atom. The van der Waals surface area contributed by atoms with E-state index in [1.165, 1.54) is 5.06 Å². The Hall–Kier alpha value is -1.94. The van der Waals surface area contributed by atoms with Gasteiger partial charge in [-0.1, -0.05) is 73.7 Å². The molecule has 0 aromatic heterocycles. The molecule has 0 aliphatic rings. The molecule has 0 radical (unpaired) electrons. The normalized spacial score (nSPS) is 13.7. The fraction of sp³-hybridized carbons (Fsp3) is 0.300. The number of hydrogen-bond acceptors (Lipinski definition) is 3. The van der Waals surface area contributed by atoms with Crippen molar-refractivity contribution in [2.75, 3.05) is 6.61 Å². The lowest BCUT2D eigenvalue weighted by atomic mass is 10.0. The molecule has 0 spiro atoms. The van der Waals surface area contributed by atoms with Crippen LogP contribution in [-0.4, -0.2) is 22.9 Å². The molecule has 1 N–H and O–H groups in total. The molecule has 0 aliphatic carbocycles. The Morgan fingerprint density at radius 3 is 2.17 bits per heavy atom. The van der Waals surface area contributed by atoms with E-state index in [0.29, 0.717) is 19.8 Å². The molecule has 122 valence electrons. The van der Waals surface area contributed by atoms with Crippen molar-refractivity contribution in [1.82, 2.24) is 5.06 Å². The lowest BCUT2D eigenvalue weighted by Gasteiger charge is -2.29. The highest BCUT2D eigenvalue weighted by Gasteiger charge is 2.22. The van der Waals surface area contributed by atoms with Crippen LogP contribution in [-0.2, 0) is 17.9 Å². The van der Waals surface area contributed by atoms with Crippen molar-refractivity contribution in [3.05, 3.63) is 84.4 Å². The van der Waals surface area contributed by atoms with Gasteiger partial charge in [0.05, 0.1) is 19.3 Å². The second kappa shape index (κ2) is 9.26. The van der Waals surface area contributed by atoms with Crippen LogP contribution >= 0.6 is 0 Å². The highest BCUT2D eigenvalue weighted by molar-refractivity contribution is 5.15. The number of nitrogens with zero attached hydrogens (tertiary/aromatic N) is 1. The van der Waals surface area contributed by atoms with E-state index < -0.39 is 0 Å². The summed E-state index contributed by atoms with van der Waals surface area (Å²) in [5, 5.41) is 11.8. The number of hydrogen-bond donors (Lipinski definition) is 1. The Bertz CT molecular complexity index is 571. The SMILES string of the molecule is C=C[C@H](C)[C@@H](COCc1ccccc1)N(O)Cc1ccccc1. The van der Waals surface area contributed by atoms with E-state index in [1.54, 1.807) is 0 Å². The molecule has 0 heterocycles. The predicted molar refractivity (Wildman–Crippen MR) is 93.0 cm³/mol. The number of benzene rings is 2. The molecule has 0 amide bonds. The van der Waals surface area contributed by atoms with Crippen LogP contribution in [0.15, 0.2) is 73.3 Å². The van der Waals surface area contributed by atoms with Crippen molar-refractivity contribution in [2.45, 2.75) is 26.1 Å². The van der Waals surface area contributed by atoms with Crippen LogP contribution in [0.3, 0.4) is 0 Å². The third kappa shape index (κ3) is 5.64. The molecule has 0 saturated carbocycles. The van der Waals surface area contributed by atoms with E-state index in [4.69, 9.17) is 4.74 Å². The Labute approximate surface area is 138 Å². The summed E-state index contributed by atoms with van der Waals surface area (Å²) in [6, 6.07) is 19.8. The molecule has 23 heavy (non-hydrogen) atoms. The molecule has 3 heteroatoms. The quantitative estimate of drug-likeness (QED) is 0.554. The second-order valence-electron chi connectivity index (χ2n) is 5.75. The van der Waals surface area contributed by atoms with E-state index in [0.717, 1.165) is 11.1 Å². The topological polar surface area (TPSA) is 32.7 Å². The summed E-state index contributed by atoms with van der Waals surface area (Å²) >= 11 is 0. The smallest absolute Gasteiger partial charge is 0.0717 e. The minimum Gasteiger partial charge on any atom is -0.375 e. The summed E-state index contributed by atoms with van der Waals surface area (Å²) in [4.78, 5) is 0. The molecule has 0 bridgehead atoms. The van der Waals surface area contributed by atoms with Gasteiger partial charge in [0.15, 0.2) is 0 Å². The minimum absolute atomic E-state index is 0.125. The van der Waals surface area contributed by atoms with Crippen molar-refractivity contribution < 1.29 is 9.94 Å². The van der Waals surface area contributed by atoms with E-state index in [2.05, 4.69) is 6.58 Å². The third-order valence-corrected chi connectivity index (χ3v) is 3.95. The van der Waals surface area contributed by atoms with E-state index in [1.807, 2.05) is 73.7 Å². The van der Waals surface area contributed by atoms with Crippen molar-refractivity contribution in [3.8, 4) is 0 Å². The van der Waals surface area contributed by atoms with Gasteiger partial charge in [-0.05, 0) is 17.0 Å². The Balaban J connectivity index is 1.92. The molecule has 3 nitrogen and oxygen atoms in total. The molecule has 0 saturated heterocycles. The summed E-state index contributed by atoms with van der Waals surface area (Å²) in [6.07, 6.45) is 1.85. The zero-order valence-corrected chi connectivity index (χ0v) is 13.6. The summed E-state index contributed by atoms with van der Waals surface area (Å²) in [6.45, 7) is 7.35. The molecular formula is C20H25NO2. The zero-order valence-electron chi connectivity index (χ0n) is 13.6. The first kappa shape index (κ1) is 17.4. The lowest BCUT2D eigenvalue weighted by Crippen LogP contribution is -2.40. The highest BCUT2D eigenvalue weighted by atomic mass is 16.5. The molecule has 2 rings (SSSR count). The summed E-state index contributed by atoms with van der Waals surface area (Å²) in [7, 11) is 0. The average Bonchev–Trinajstić information content (AvgIpc) is 2.60. The number of rotatable bonds is 9. The van der Waals surface area contributed by atoms with Gasteiger partial charge in [-0.15, -0.1) is 6.58 Å². The molecular weight excluding hydrogens is 286 g/mol. The number of ether oxygens (including phenoxy) is 1. The number of hydroxylamine groups is 2. The average molecular weight is 311 g/mol. The summed E-state index contributed by atoms with van der Waals surface area (Å²) in [5.74, 6) is 0.125.